The van der Waals surface area contributed by atoms with Crippen molar-refractivity contribution in [2.75, 3.05) is 0 Å². The predicted octanol–water partition coefficient (Wildman–Crippen LogP) is 8.90. The number of phenols is 1. The molecular formula is C29H35N3O3. The van der Waals surface area contributed by atoms with E-state index in [0.29, 0.717) is 5.56 Å². The van der Waals surface area contributed by atoms with Crippen LogP contribution in [0, 0.1) is 10.1 Å². The molecule has 6 nitrogen and oxygen atoms in total. The molecule has 3 aromatic carbocycles. The van der Waals surface area contributed by atoms with Crippen molar-refractivity contribution in [1.82, 2.24) is 0 Å². The number of hydrogen-bond acceptors (Lipinski definition) is 5. The summed E-state index contributed by atoms with van der Waals surface area (Å²) in [7, 11) is 0. The molecule has 0 aliphatic heterocycles. The van der Waals surface area contributed by atoms with Crippen molar-refractivity contribution < 1.29 is 10.0 Å². The van der Waals surface area contributed by atoms with Gasteiger partial charge in [0.15, 0.2) is 5.69 Å². The molecule has 0 heterocycles. The number of para-hydroxylation sites is 1. The first-order chi connectivity index (χ1) is 16.6. The van der Waals surface area contributed by atoms with Gasteiger partial charge >= 0.3 is 0 Å². The molecule has 0 saturated heterocycles. The second-order valence-corrected chi connectivity index (χ2v) is 10.2. The lowest BCUT2D eigenvalue weighted by molar-refractivity contribution is -0.384. The van der Waals surface area contributed by atoms with Gasteiger partial charge in [0.25, 0.3) is 5.69 Å². The average Bonchev–Trinajstić information content (AvgIpc) is 2.83. The predicted molar refractivity (Wildman–Crippen MR) is 141 cm³/mol. The summed E-state index contributed by atoms with van der Waals surface area (Å²) in [6, 6.07) is 20.3. The van der Waals surface area contributed by atoms with E-state index in [1.165, 1.54) is 6.07 Å². The molecule has 0 saturated carbocycles. The van der Waals surface area contributed by atoms with Crippen molar-refractivity contribution in [3.05, 3.63) is 93.5 Å². The minimum atomic E-state index is -0.467. The first-order valence-corrected chi connectivity index (χ1v) is 12.2. The number of unbranched alkanes of at least 4 members (excludes halogenated alkanes) is 2. The van der Waals surface area contributed by atoms with Crippen molar-refractivity contribution in [3.63, 3.8) is 0 Å². The zero-order valence-electron chi connectivity index (χ0n) is 21.3. The van der Waals surface area contributed by atoms with Gasteiger partial charge in [0, 0.05) is 17.0 Å². The number of nitro groups is 1. The van der Waals surface area contributed by atoms with Gasteiger partial charge in [-0.05, 0) is 35.1 Å². The summed E-state index contributed by atoms with van der Waals surface area (Å²) in [5.41, 5.74) is 2.48. The zero-order chi connectivity index (χ0) is 25.6. The SMILES string of the molecule is CCCCCC(C)(C)c1ccc([N+](=O)[O-])c(N=Nc2cccc(C(C)(C)c3ccccc3)c2O)c1. The fourth-order valence-electron chi connectivity index (χ4n) is 4.37. The van der Waals surface area contributed by atoms with Crippen molar-refractivity contribution in [2.24, 2.45) is 10.2 Å². The van der Waals surface area contributed by atoms with Gasteiger partial charge in [-0.3, -0.25) is 10.1 Å². The fraction of sp³-hybridized carbons (Fsp3) is 0.379. The molecule has 0 atom stereocenters. The minimum absolute atomic E-state index is 0.0174. The quantitative estimate of drug-likeness (QED) is 0.138. The highest BCUT2D eigenvalue weighted by molar-refractivity contribution is 5.62. The molecule has 0 radical (unpaired) electrons. The van der Waals surface area contributed by atoms with E-state index in [-0.39, 0.29) is 28.2 Å². The van der Waals surface area contributed by atoms with Crippen LogP contribution in [0.1, 0.15) is 77.0 Å². The standard InChI is InChI=1S/C29H35N3O3/c1-6-7-11-19-28(2,3)22-17-18-26(32(34)35)25(20-22)31-30-24-16-12-15-23(27(24)33)29(4,5)21-13-9-8-10-14-21/h8-10,12-18,20,33H,6-7,11,19H2,1-5H3. The molecular weight excluding hydrogens is 438 g/mol. The number of nitrogens with zero attached hydrogens (tertiary/aromatic N) is 3. The number of aromatic hydroxyl groups is 1. The smallest absolute Gasteiger partial charge is 0.296 e. The maximum Gasteiger partial charge on any atom is 0.296 e. The molecule has 35 heavy (non-hydrogen) atoms. The van der Waals surface area contributed by atoms with Gasteiger partial charge in [-0.25, -0.2) is 0 Å². The van der Waals surface area contributed by atoms with Crippen LogP contribution in [0.5, 0.6) is 5.75 Å². The molecule has 0 aliphatic rings. The van der Waals surface area contributed by atoms with Gasteiger partial charge < -0.3 is 5.11 Å². The van der Waals surface area contributed by atoms with Gasteiger partial charge in [0.2, 0.25) is 0 Å². The monoisotopic (exact) mass is 473 g/mol. The van der Waals surface area contributed by atoms with Crippen LogP contribution in [0.4, 0.5) is 17.1 Å². The average molecular weight is 474 g/mol. The van der Waals surface area contributed by atoms with E-state index in [9.17, 15) is 15.2 Å². The highest BCUT2D eigenvalue weighted by Gasteiger charge is 2.27. The molecule has 3 aromatic rings. The maximum absolute atomic E-state index is 11.7. The molecule has 1 N–H and O–H groups in total. The van der Waals surface area contributed by atoms with Crippen molar-refractivity contribution >= 4 is 17.1 Å². The molecule has 184 valence electrons. The van der Waals surface area contributed by atoms with Crippen molar-refractivity contribution in [1.29, 1.82) is 0 Å². The van der Waals surface area contributed by atoms with Crippen LogP contribution in [0.25, 0.3) is 0 Å². The van der Waals surface area contributed by atoms with E-state index < -0.39 is 10.3 Å². The molecule has 0 spiro atoms. The highest BCUT2D eigenvalue weighted by atomic mass is 16.6. The Morgan fingerprint density at radius 1 is 0.857 bits per heavy atom. The molecule has 3 rings (SSSR count). The first kappa shape index (κ1) is 26.1. The fourth-order valence-corrected chi connectivity index (χ4v) is 4.37. The minimum Gasteiger partial charge on any atom is -0.505 e. The summed E-state index contributed by atoms with van der Waals surface area (Å²) in [4.78, 5) is 11.2. The molecule has 0 bridgehead atoms. The Morgan fingerprint density at radius 2 is 1.54 bits per heavy atom. The Kier molecular flexibility index (Phi) is 8.05. The van der Waals surface area contributed by atoms with Crippen LogP contribution in [-0.2, 0) is 10.8 Å². The summed E-state index contributed by atoms with van der Waals surface area (Å²) in [5, 5.41) is 31.2. The Labute approximate surface area is 207 Å². The first-order valence-electron chi connectivity index (χ1n) is 12.2. The second kappa shape index (κ2) is 10.8. The van der Waals surface area contributed by atoms with Crippen LogP contribution in [-0.4, -0.2) is 10.0 Å². The van der Waals surface area contributed by atoms with Crippen LogP contribution in [0.15, 0.2) is 77.0 Å². The molecule has 0 unspecified atom stereocenters. The Balaban J connectivity index is 1.99. The summed E-state index contributed by atoms with van der Waals surface area (Å²) >= 11 is 0. The third-order valence-corrected chi connectivity index (χ3v) is 6.81. The van der Waals surface area contributed by atoms with Gasteiger partial charge in [-0.2, -0.15) is 0 Å². The number of rotatable bonds is 10. The van der Waals surface area contributed by atoms with Crippen LogP contribution < -0.4 is 0 Å². The Morgan fingerprint density at radius 3 is 2.20 bits per heavy atom. The van der Waals surface area contributed by atoms with E-state index in [1.54, 1.807) is 12.1 Å². The van der Waals surface area contributed by atoms with E-state index in [1.807, 2.05) is 62.4 Å². The summed E-state index contributed by atoms with van der Waals surface area (Å²) < 4.78 is 0. The van der Waals surface area contributed by atoms with E-state index in [2.05, 4.69) is 31.0 Å². The van der Waals surface area contributed by atoms with E-state index in [0.717, 1.165) is 36.8 Å². The molecule has 0 aliphatic carbocycles. The van der Waals surface area contributed by atoms with E-state index >= 15 is 0 Å². The zero-order valence-corrected chi connectivity index (χ0v) is 21.3. The third kappa shape index (κ3) is 5.94. The molecule has 0 fully saturated rings. The second-order valence-electron chi connectivity index (χ2n) is 10.2. The third-order valence-electron chi connectivity index (χ3n) is 6.81. The highest BCUT2D eigenvalue weighted by Crippen LogP contribution is 2.42. The topological polar surface area (TPSA) is 88.1 Å². The number of benzene rings is 3. The molecule has 0 aromatic heterocycles. The normalized spacial score (nSPS) is 12.3. The number of nitro benzene ring substituents is 1. The summed E-state index contributed by atoms with van der Waals surface area (Å²) in [6.07, 6.45) is 4.36. The lowest BCUT2D eigenvalue weighted by Crippen LogP contribution is -2.18. The van der Waals surface area contributed by atoms with Crippen molar-refractivity contribution in [2.45, 2.75) is 71.1 Å². The Bertz CT molecular complexity index is 1200. The number of hydrogen-bond donors (Lipinski definition) is 1. The maximum atomic E-state index is 11.7. The van der Waals surface area contributed by atoms with Gasteiger partial charge in [0.1, 0.15) is 11.4 Å². The lowest BCUT2D eigenvalue weighted by Gasteiger charge is -2.27. The number of phenolic OH excluding ortho intramolecular Hbond substituents is 1. The van der Waals surface area contributed by atoms with Gasteiger partial charge in [-0.1, -0.05) is 102 Å². The van der Waals surface area contributed by atoms with Crippen LogP contribution >= 0.6 is 0 Å². The van der Waals surface area contributed by atoms with E-state index in [4.69, 9.17) is 0 Å². The lowest BCUT2D eigenvalue weighted by atomic mass is 9.77. The van der Waals surface area contributed by atoms with Crippen LogP contribution in [0.2, 0.25) is 0 Å². The summed E-state index contributed by atoms with van der Waals surface area (Å²) in [6.45, 7) is 10.5. The van der Waals surface area contributed by atoms with Crippen molar-refractivity contribution in [3.8, 4) is 5.75 Å². The number of azo groups is 1. The Hall–Kier alpha value is -3.54. The van der Waals surface area contributed by atoms with Gasteiger partial charge in [0.05, 0.1) is 4.92 Å². The summed E-state index contributed by atoms with van der Waals surface area (Å²) in [5.74, 6) is 0.0174. The van der Waals surface area contributed by atoms with Gasteiger partial charge in [-0.15, -0.1) is 10.2 Å². The van der Waals surface area contributed by atoms with Crippen LogP contribution in [0.3, 0.4) is 0 Å². The molecule has 0 amide bonds. The molecule has 6 heteroatoms. The largest absolute Gasteiger partial charge is 0.505 e.